The quantitative estimate of drug-likeness (QED) is 0.877. The second-order valence-corrected chi connectivity index (χ2v) is 5.84. The Labute approximate surface area is 130 Å². The van der Waals surface area contributed by atoms with Crippen LogP contribution in [0.1, 0.15) is 23.0 Å². The van der Waals surface area contributed by atoms with E-state index in [0.29, 0.717) is 5.02 Å². The van der Waals surface area contributed by atoms with E-state index in [-0.39, 0.29) is 6.04 Å². The molecule has 0 aliphatic heterocycles. The van der Waals surface area contributed by atoms with E-state index in [4.69, 9.17) is 11.6 Å². The molecule has 0 radical (unpaired) electrons. The summed E-state index contributed by atoms with van der Waals surface area (Å²) in [5.74, 6) is 0. The van der Waals surface area contributed by atoms with Gasteiger partial charge in [-0.25, -0.2) is 0 Å². The van der Waals surface area contributed by atoms with Crippen LogP contribution in [0.3, 0.4) is 0 Å². The fourth-order valence-electron chi connectivity index (χ4n) is 2.37. The summed E-state index contributed by atoms with van der Waals surface area (Å²) in [4.78, 5) is 2.13. The van der Waals surface area contributed by atoms with Gasteiger partial charge < -0.3 is 10.2 Å². The normalized spacial score (nSPS) is 13.1. The first-order valence-electron chi connectivity index (χ1n) is 6.97. The van der Waals surface area contributed by atoms with Crippen LogP contribution in [-0.2, 0) is 13.6 Å². The molecule has 7 heteroatoms. The maximum Gasteiger partial charge on any atom is 0.0837 e. The van der Waals surface area contributed by atoms with Crippen LogP contribution < -0.4 is 5.32 Å². The average molecular weight is 311 g/mol. The third-order valence-electron chi connectivity index (χ3n) is 3.74. The van der Waals surface area contributed by atoms with E-state index in [9.17, 15) is 0 Å². The van der Waals surface area contributed by atoms with Gasteiger partial charge in [-0.1, -0.05) is 11.6 Å². The third-order valence-corrected chi connectivity index (χ3v) is 4.03. The van der Waals surface area contributed by atoms with Gasteiger partial charge in [0, 0.05) is 24.8 Å². The molecule has 2 aromatic heterocycles. The van der Waals surface area contributed by atoms with Crippen molar-refractivity contribution in [3.05, 3.63) is 34.4 Å². The molecule has 1 unspecified atom stereocenters. The van der Waals surface area contributed by atoms with Crippen molar-refractivity contribution >= 4 is 11.6 Å². The van der Waals surface area contributed by atoms with Crippen molar-refractivity contribution in [2.75, 3.05) is 27.7 Å². The van der Waals surface area contributed by atoms with Crippen molar-refractivity contribution in [3.63, 3.8) is 0 Å². The summed E-state index contributed by atoms with van der Waals surface area (Å²) in [7, 11) is 7.96. The first kappa shape index (κ1) is 16.0. The fraction of sp³-hybridized carbons (Fsp3) is 0.571. The second-order valence-electron chi connectivity index (χ2n) is 5.43. The minimum atomic E-state index is -0.0177. The Morgan fingerprint density at radius 1 is 1.33 bits per heavy atom. The van der Waals surface area contributed by atoms with E-state index in [1.807, 2.05) is 43.8 Å². The molecule has 0 saturated carbocycles. The van der Waals surface area contributed by atoms with Gasteiger partial charge in [-0.2, -0.15) is 10.2 Å². The van der Waals surface area contributed by atoms with Gasteiger partial charge in [-0.05, 0) is 28.1 Å². The summed E-state index contributed by atoms with van der Waals surface area (Å²) >= 11 is 6.38. The Balaban J connectivity index is 2.38. The molecule has 1 N–H and O–H groups in total. The first-order chi connectivity index (χ1) is 9.95. The van der Waals surface area contributed by atoms with Gasteiger partial charge in [0.1, 0.15) is 0 Å². The number of halogens is 1. The number of likely N-dealkylation sites (N-methyl/N-ethyl adjacent to an activating group) is 1. The average Bonchev–Trinajstić information content (AvgIpc) is 2.96. The van der Waals surface area contributed by atoms with Gasteiger partial charge in [-0.15, -0.1) is 0 Å². The molecular formula is C14H23ClN6. The van der Waals surface area contributed by atoms with Crippen LogP contribution in [0.2, 0.25) is 5.02 Å². The van der Waals surface area contributed by atoms with Crippen molar-refractivity contribution in [2.45, 2.75) is 19.5 Å². The van der Waals surface area contributed by atoms with Gasteiger partial charge in [0.2, 0.25) is 0 Å². The number of hydrogen-bond donors (Lipinski definition) is 1. The maximum absolute atomic E-state index is 6.38. The Bertz CT molecular complexity index is 601. The van der Waals surface area contributed by atoms with Gasteiger partial charge in [-0.3, -0.25) is 9.36 Å². The lowest BCUT2D eigenvalue weighted by Crippen LogP contribution is -2.25. The Kier molecular flexibility index (Phi) is 5.03. The molecule has 116 valence electrons. The monoisotopic (exact) mass is 310 g/mol. The molecule has 21 heavy (non-hydrogen) atoms. The Hall–Kier alpha value is -1.37. The van der Waals surface area contributed by atoms with Crippen LogP contribution in [0.5, 0.6) is 0 Å². The highest BCUT2D eigenvalue weighted by Gasteiger charge is 2.24. The summed E-state index contributed by atoms with van der Waals surface area (Å²) in [5.41, 5.74) is 3.22. The van der Waals surface area contributed by atoms with Crippen molar-refractivity contribution in [3.8, 4) is 0 Å². The van der Waals surface area contributed by atoms with E-state index < -0.39 is 0 Å². The molecule has 0 aromatic carbocycles. The lowest BCUT2D eigenvalue weighted by atomic mass is 10.0. The summed E-state index contributed by atoms with van der Waals surface area (Å²) in [6.45, 7) is 3.76. The number of hydrogen-bond acceptors (Lipinski definition) is 4. The van der Waals surface area contributed by atoms with Gasteiger partial charge >= 0.3 is 0 Å². The zero-order chi connectivity index (χ0) is 15.6. The number of nitrogens with zero attached hydrogens (tertiary/aromatic N) is 5. The van der Waals surface area contributed by atoms with Crippen LogP contribution in [0.15, 0.2) is 12.4 Å². The minimum absolute atomic E-state index is 0.0177. The molecule has 0 aliphatic carbocycles. The zero-order valence-electron chi connectivity index (χ0n) is 13.3. The topological polar surface area (TPSA) is 50.9 Å². The van der Waals surface area contributed by atoms with Crippen LogP contribution in [0, 0.1) is 6.92 Å². The van der Waals surface area contributed by atoms with Crippen LogP contribution in [-0.4, -0.2) is 52.1 Å². The number of rotatable bonds is 6. The highest BCUT2D eigenvalue weighted by atomic mass is 35.5. The molecule has 0 bridgehead atoms. The third kappa shape index (κ3) is 3.28. The van der Waals surface area contributed by atoms with Gasteiger partial charge in [0.15, 0.2) is 0 Å². The molecule has 2 heterocycles. The lowest BCUT2D eigenvalue weighted by molar-refractivity contribution is 0.366. The van der Waals surface area contributed by atoms with Crippen LogP contribution >= 0.6 is 11.6 Å². The van der Waals surface area contributed by atoms with E-state index in [1.165, 1.54) is 0 Å². The molecule has 0 aliphatic rings. The van der Waals surface area contributed by atoms with Crippen molar-refractivity contribution in [1.29, 1.82) is 0 Å². The summed E-state index contributed by atoms with van der Waals surface area (Å²) < 4.78 is 3.84. The largest absolute Gasteiger partial charge is 0.308 e. The van der Waals surface area contributed by atoms with Gasteiger partial charge in [0.25, 0.3) is 0 Å². The lowest BCUT2D eigenvalue weighted by Gasteiger charge is -2.19. The smallest absolute Gasteiger partial charge is 0.0837 e. The van der Waals surface area contributed by atoms with E-state index in [0.717, 1.165) is 30.0 Å². The molecular weight excluding hydrogens is 288 g/mol. The van der Waals surface area contributed by atoms with Crippen LogP contribution in [0.25, 0.3) is 0 Å². The minimum Gasteiger partial charge on any atom is -0.308 e. The molecule has 2 rings (SSSR count). The van der Waals surface area contributed by atoms with Crippen LogP contribution in [0.4, 0.5) is 0 Å². The highest BCUT2D eigenvalue weighted by molar-refractivity contribution is 6.31. The molecule has 0 fully saturated rings. The second kappa shape index (κ2) is 6.60. The molecule has 0 amide bonds. The molecule has 1 atom stereocenters. The highest BCUT2D eigenvalue weighted by Crippen LogP contribution is 2.29. The van der Waals surface area contributed by atoms with Crippen molar-refractivity contribution < 1.29 is 0 Å². The summed E-state index contributed by atoms with van der Waals surface area (Å²) in [6.07, 6.45) is 3.60. The van der Waals surface area contributed by atoms with Crippen molar-refractivity contribution in [1.82, 2.24) is 29.8 Å². The predicted octanol–water partition coefficient (Wildman–Crippen LogP) is 1.45. The van der Waals surface area contributed by atoms with Crippen molar-refractivity contribution in [2.24, 2.45) is 7.05 Å². The number of aromatic nitrogens is 4. The first-order valence-corrected chi connectivity index (χ1v) is 7.35. The Morgan fingerprint density at radius 3 is 2.57 bits per heavy atom. The molecule has 0 spiro atoms. The van der Waals surface area contributed by atoms with E-state index >= 15 is 0 Å². The number of aryl methyl sites for hydroxylation is 1. The number of nitrogens with one attached hydrogen (secondary N) is 1. The van der Waals surface area contributed by atoms with E-state index in [1.54, 1.807) is 6.20 Å². The Morgan fingerprint density at radius 2 is 2.05 bits per heavy atom. The summed E-state index contributed by atoms with van der Waals surface area (Å²) in [6, 6.07) is -0.0177. The molecule has 0 saturated heterocycles. The summed E-state index contributed by atoms with van der Waals surface area (Å²) in [5, 5.41) is 12.7. The SMILES string of the molecule is CNC(c1cnn(C)c1C)c1c(Cl)cnn1CCN(C)C. The zero-order valence-corrected chi connectivity index (χ0v) is 14.0. The predicted molar refractivity (Wildman–Crippen MR) is 84.6 cm³/mol. The fourth-order valence-corrected chi connectivity index (χ4v) is 2.62. The van der Waals surface area contributed by atoms with E-state index in [2.05, 4.69) is 27.3 Å². The molecule has 6 nitrogen and oxygen atoms in total. The molecule has 2 aromatic rings. The van der Waals surface area contributed by atoms with Gasteiger partial charge in [0.05, 0.1) is 35.7 Å². The standard InChI is InChI=1S/C14H23ClN6/c1-10-11(8-17-20(10)5)13(16-2)14-12(15)9-18-21(14)7-6-19(3)4/h8-9,13,16H,6-7H2,1-5H3. The maximum atomic E-state index is 6.38.